The highest BCUT2D eigenvalue weighted by Gasteiger charge is 2.41. The maximum Gasteiger partial charge on any atom is 0.409 e. The molecule has 1 aromatic heterocycles. The Bertz CT molecular complexity index is 955. The fourth-order valence-electron chi connectivity index (χ4n) is 2.69. The van der Waals surface area contributed by atoms with Gasteiger partial charge in [0.05, 0.1) is 23.3 Å². The van der Waals surface area contributed by atoms with Gasteiger partial charge in [-0.1, -0.05) is 24.3 Å². The minimum atomic E-state index is -1.47. The van der Waals surface area contributed by atoms with E-state index in [9.17, 15) is 4.79 Å². The predicted molar refractivity (Wildman–Crippen MR) is 94.1 cm³/mol. The third-order valence-corrected chi connectivity index (χ3v) is 4.00. The molecule has 1 amide bonds. The summed E-state index contributed by atoms with van der Waals surface area (Å²) in [6.45, 7) is 0. The van der Waals surface area contributed by atoms with Crippen LogP contribution in [0.5, 0.6) is 0 Å². The van der Waals surface area contributed by atoms with Crippen LogP contribution in [0.15, 0.2) is 61.2 Å². The zero-order chi connectivity index (χ0) is 19.3. The van der Waals surface area contributed by atoms with E-state index in [1.165, 1.54) is 24.4 Å². The SMILES string of the molecule is CNC(=O)OC(c1ccc(C#N)cc1)(c1ccc(C#N)cc1)n1cncn1. The predicted octanol–water partition coefficient (Wildman–Crippen LogP) is 2.13. The highest BCUT2D eigenvalue weighted by molar-refractivity contribution is 5.68. The molecule has 8 nitrogen and oxygen atoms in total. The van der Waals surface area contributed by atoms with E-state index in [4.69, 9.17) is 15.3 Å². The Morgan fingerprint density at radius 2 is 1.56 bits per heavy atom. The van der Waals surface area contributed by atoms with Crippen LogP contribution in [0.1, 0.15) is 22.3 Å². The minimum absolute atomic E-state index is 0.464. The van der Waals surface area contributed by atoms with E-state index >= 15 is 0 Å². The summed E-state index contributed by atoms with van der Waals surface area (Å²) in [5.74, 6) is 0. The lowest BCUT2D eigenvalue weighted by molar-refractivity contribution is 0.00753. The molecule has 3 aromatic rings. The summed E-state index contributed by atoms with van der Waals surface area (Å²) >= 11 is 0. The third-order valence-electron chi connectivity index (χ3n) is 4.00. The number of nitrogens with one attached hydrogen (secondary N) is 1. The average Bonchev–Trinajstić information content (AvgIpc) is 3.27. The first-order valence-corrected chi connectivity index (χ1v) is 7.91. The van der Waals surface area contributed by atoms with Crippen molar-refractivity contribution in [2.45, 2.75) is 5.72 Å². The summed E-state index contributed by atoms with van der Waals surface area (Å²) in [6, 6.07) is 17.3. The van der Waals surface area contributed by atoms with Gasteiger partial charge in [0.1, 0.15) is 12.7 Å². The summed E-state index contributed by atoms with van der Waals surface area (Å²) in [5.41, 5.74) is 0.566. The van der Waals surface area contributed by atoms with Crippen molar-refractivity contribution in [1.29, 1.82) is 10.5 Å². The Morgan fingerprint density at radius 3 is 1.93 bits per heavy atom. The molecule has 0 saturated heterocycles. The Labute approximate surface area is 155 Å². The molecule has 0 aliphatic rings. The molecule has 0 aliphatic heterocycles. The Morgan fingerprint density at radius 1 is 1.04 bits per heavy atom. The fourth-order valence-corrected chi connectivity index (χ4v) is 2.69. The zero-order valence-corrected chi connectivity index (χ0v) is 14.3. The van der Waals surface area contributed by atoms with E-state index in [1.807, 2.05) is 0 Å². The molecule has 1 N–H and O–H groups in total. The molecule has 0 radical (unpaired) electrons. The molecule has 27 heavy (non-hydrogen) atoms. The van der Waals surface area contributed by atoms with Gasteiger partial charge in [-0.15, -0.1) is 0 Å². The van der Waals surface area contributed by atoms with E-state index in [2.05, 4.69) is 27.5 Å². The second kappa shape index (κ2) is 7.38. The first-order valence-electron chi connectivity index (χ1n) is 7.91. The van der Waals surface area contributed by atoms with Crippen LogP contribution in [0.2, 0.25) is 0 Å². The quantitative estimate of drug-likeness (QED) is 0.763. The molecule has 2 aromatic carbocycles. The molecule has 0 fully saturated rings. The summed E-state index contributed by atoms with van der Waals surface area (Å²) in [5, 5.41) is 24.8. The number of nitriles is 2. The van der Waals surface area contributed by atoms with Crippen LogP contribution in [-0.4, -0.2) is 27.9 Å². The standard InChI is InChI=1S/C19H14N6O2/c1-22-18(26)27-19(25-13-23-12-24-25,16-6-2-14(10-20)3-7-16)17-8-4-15(11-21)5-9-17/h2-9,12-13H,1H3,(H,22,26). The van der Waals surface area contributed by atoms with Crippen LogP contribution in [0, 0.1) is 22.7 Å². The van der Waals surface area contributed by atoms with Crippen molar-refractivity contribution in [1.82, 2.24) is 20.1 Å². The van der Waals surface area contributed by atoms with Crippen molar-refractivity contribution in [2.75, 3.05) is 7.05 Å². The van der Waals surface area contributed by atoms with Crippen LogP contribution < -0.4 is 5.32 Å². The molecule has 132 valence electrons. The lowest BCUT2D eigenvalue weighted by Gasteiger charge is -2.34. The van der Waals surface area contributed by atoms with E-state index in [-0.39, 0.29) is 0 Å². The first kappa shape index (κ1) is 17.6. The second-order valence-corrected chi connectivity index (χ2v) is 5.50. The molecular formula is C19H14N6O2. The monoisotopic (exact) mass is 358 g/mol. The third kappa shape index (κ3) is 3.20. The van der Waals surface area contributed by atoms with Gasteiger partial charge in [0.15, 0.2) is 0 Å². The summed E-state index contributed by atoms with van der Waals surface area (Å²) in [6.07, 6.45) is 2.08. The summed E-state index contributed by atoms with van der Waals surface area (Å²) in [4.78, 5) is 16.2. The maximum atomic E-state index is 12.2. The summed E-state index contributed by atoms with van der Waals surface area (Å²) < 4.78 is 7.20. The van der Waals surface area contributed by atoms with Gasteiger partial charge >= 0.3 is 6.09 Å². The Balaban J connectivity index is 2.28. The van der Waals surface area contributed by atoms with Crippen molar-refractivity contribution in [3.63, 3.8) is 0 Å². The van der Waals surface area contributed by atoms with Crippen molar-refractivity contribution in [2.24, 2.45) is 0 Å². The van der Waals surface area contributed by atoms with Crippen molar-refractivity contribution >= 4 is 6.09 Å². The summed E-state index contributed by atoms with van der Waals surface area (Å²) in [7, 11) is 1.45. The number of rotatable bonds is 4. The van der Waals surface area contributed by atoms with Crippen molar-refractivity contribution in [3.05, 3.63) is 83.4 Å². The van der Waals surface area contributed by atoms with E-state index in [0.29, 0.717) is 22.3 Å². The molecule has 0 aliphatic carbocycles. The topological polar surface area (TPSA) is 117 Å². The van der Waals surface area contributed by atoms with Gasteiger partial charge in [0, 0.05) is 18.2 Å². The number of alkyl carbamates (subject to hydrolysis) is 1. The number of carbonyl (C=O) groups excluding carboxylic acids is 1. The van der Waals surface area contributed by atoms with Gasteiger partial charge in [-0.25, -0.2) is 14.5 Å². The van der Waals surface area contributed by atoms with Crippen LogP contribution in [0.4, 0.5) is 4.79 Å². The number of amides is 1. The molecule has 3 rings (SSSR count). The van der Waals surface area contributed by atoms with Crippen molar-refractivity contribution < 1.29 is 9.53 Å². The molecular weight excluding hydrogens is 344 g/mol. The number of hydrogen-bond donors (Lipinski definition) is 1. The van der Waals surface area contributed by atoms with Gasteiger partial charge in [-0.3, -0.25) is 0 Å². The fraction of sp³-hybridized carbons (Fsp3) is 0.105. The molecule has 0 atom stereocenters. The van der Waals surface area contributed by atoms with E-state index in [1.54, 1.807) is 48.5 Å². The van der Waals surface area contributed by atoms with E-state index < -0.39 is 11.8 Å². The number of benzene rings is 2. The largest absolute Gasteiger partial charge is 0.412 e. The smallest absolute Gasteiger partial charge is 0.409 e. The number of hydrogen-bond acceptors (Lipinski definition) is 6. The molecule has 0 bridgehead atoms. The second-order valence-electron chi connectivity index (χ2n) is 5.50. The minimum Gasteiger partial charge on any atom is -0.412 e. The normalized spacial score (nSPS) is 10.5. The van der Waals surface area contributed by atoms with Gasteiger partial charge in [-0.2, -0.15) is 15.6 Å². The van der Waals surface area contributed by atoms with Gasteiger partial charge in [0.2, 0.25) is 0 Å². The van der Waals surface area contributed by atoms with Crippen LogP contribution in [-0.2, 0) is 10.5 Å². The maximum absolute atomic E-state index is 12.2. The van der Waals surface area contributed by atoms with Crippen LogP contribution >= 0.6 is 0 Å². The van der Waals surface area contributed by atoms with Crippen LogP contribution in [0.3, 0.4) is 0 Å². The molecule has 0 saturated carbocycles. The van der Waals surface area contributed by atoms with Gasteiger partial charge in [0.25, 0.3) is 5.72 Å². The average molecular weight is 358 g/mol. The number of ether oxygens (including phenoxy) is 1. The lowest BCUT2D eigenvalue weighted by Crippen LogP contribution is -2.43. The van der Waals surface area contributed by atoms with E-state index in [0.717, 1.165) is 0 Å². The number of carbonyl (C=O) groups is 1. The molecule has 0 spiro atoms. The Kier molecular flexibility index (Phi) is 4.82. The number of nitrogens with zero attached hydrogens (tertiary/aromatic N) is 5. The lowest BCUT2D eigenvalue weighted by atomic mass is 9.92. The first-order chi connectivity index (χ1) is 13.1. The van der Waals surface area contributed by atoms with Gasteiger partial charge in [-0.05, 0) is 24.3 Å². The molecule has 8 heteroatoms. The number of aromatic nitrogens is 3. The van der Waals surface area contributed by atoms with Gasteiger partial charge < -0.3 is 10.1 Å². The van der Waals surface area contributed by atoms with Crippen molar-refractivity contribution in [3.8, 4) is 12.1 Å². The highest BCUT2D eigenvalue weighted by atomic mass is 16.6. The Hall–Kier alpha value is -4.17. The highest BCUT2D eigenvalue weighted by Crippen LogP contribution is 2.35. The molecule has 0 unspecified atom stereocenters. The zero-order valence-electron chi connectivity index (χ0n) is 14.3. The molecule has 1 heterocycles. The van der Waals surface area contributed by atoms with Crippen LogP contribution in [0.25, 0.3) is 0 Å².